The normalized spacial score (nSPS) is 20.8. The molecule has 242 valence electrons. The van der Waals surface area contributed by atoms with E-state index in [1.165, 1.54) is 21.2 Å². The molecule has 0 radical (unpaired) electrons. The number of aromatic amines is 1. The Kier molecular flexibility index (Phi) is 8.96. The summed E-state index contributed by atoms with van der Waals surface area (Å²) in [5.74, 6) is 1.76. The van der Waals surface area contributed by atoms with Gasteiger partial charge in [0, 0.05) is 35.1 Å². The molecule has 0 bridgehead atoms. The number of amides is 2. The van der Waals surface area contributed by atoms with Gasteiger partial charge in [0.15, 0.2) is 5.78 Å². The molecular weight excluding hydrogens is 638 g/mol. The lowest BCUT2D eigenvalue weighted by Gasteiger charge is -2.56. The van der Waals surface area contributed by atoms with E-state index in [0.29, 0.717) is 16.1 Å². The molecule has 10 nitrogen and oxygen atoms in total. The number of nitrogens with zero attached hydrogens (tertiary/aromatic N) is 4. The van der Waals surface area contributed by atoms with Gasteiger partial charge in [-0.2, -0.15) is 0 Å². The summed E-state index contributed by atoms with van der Waals surface area (Å²) in [4.78, 5) is 47.6. The largest absolute Gasteiger partial charge is 0.360 e. The van der Waals surface area contributed by atoms with Crippen LogP contribution in [0.3, 0.4) is 0 Å². The van der Waals surface area contributed by atoms with Gasteiger partial charge in [-0.1, -0.05) is 78.2 Å². The fourth-order valence-corrected chi connectivity index (χ4v) is 8.02. The molecule has 0 saturated carbocycles. The predicted octanol–water partition coefficient (Wildman–Crippen LogP) is 3.87. The Balaban J connectivity index is 1.45. The van der Waals surface area contributed by atoms with Gasteiger partial charge in [-0.05, 0) is 42.2 Å². The topological polar surface area (TPSA) is 114 Å². The van der Waals surface area contributed by atoms with Crippen LogP contribution in [0.2, 0.25) is 5.02 Å². The van der Waals surface area contributed by atoms with E-state index in [1.807, 2.05) is 48.5 Å². The molecule has 3 atom stereocenters. The fraction of sp³-hybridized carbons (Fsp3) is 0.286. The number of rotatable bonds is 9. The Labute approximate surface area is 278 Å². The van der Waals surface area contributed by atoms with Crippen LogP contribution in [0.1, 0.15) is 34.0 Å². The van der Waals surface area contributed by atoms with Gasteiger partial charge in [-0.15, -0.1) is 10.8 Å². The molecule has 1 N–H and O–H groups in total. The van der Waals surface area contributed by atoms with Crippen LogP contribution >= 0.6 is 11.6 Å². The van der Waals surface area contributed by atoms with Crippen LogP contribution in [0, 0.1) is 12.3 Å². The average Bonchev–Trinajstić information content (AvgIpc) is 3.48. The summed E-state index contributed by atoms with van der Waals surface area (Å²) in [6.07, 6.45) is 7.78. The van der Waals surface area contributed by atoms with E-state index >= 15 is 0 Å². The van der Waals surface area contributed by atoms with Gasteiger partial charge in [-0.3, -0.25) is 14.4 Å². The molecule has 0 aliphatic carbocycles. The van der Waals surface area contributed by atoms with Crippen molar-refractivity contribution in [2.75, 3.05) is 19.3 Å². The molecule has 0 spiro atoms. The first-order valence-corrected chi connectivity index (χ1v) is 17.4. The molecule has 3 aromatic carbocycles. The van der Waals surface area contributed by atoms with Crippen LogP contribution in [0.4, 0.5) is 0 Å². The molecular formula is C35H34ClN5O5S. The van der Waals surface area contributed by atoms with Crippen molar-refractivity contribution in [3.05, 3.63) is 106 Å². The molecule has 47 heavy (non-hydrogen) atoms. The van der Waals surface area contributed by atoms with Crippen molar-refractivity contribution in [1.82, 2.24) is 24.2 Å². The zero-order chi connectivity index (χ0) is 33.5. The molecule has 2 amide bonds. The maximum atomic E-state index is 14.6. The number of carbonyl (C=O) groups is 3. The lowest BCUT2D eigenvalue weighted by Crippen LogP contribution is -2.78. The second-order valence-electron chi connectivity index (χ2n) is 11.9. The molecule has 12 heteroatoms. The van der Waals surface area contributed by atoms with E-state index in [0.717, 1.165) is 28.3 Å². The van der Waals surface area contributed by atoms with E-state index < -0.39 is 28.3 Å². The number of aromatic nitrogens is 1. The van der Waals surface area contributed by atoms with E-state index in [-0.39, 0.29) is 50.1 Å². The van der Waals surface area contributed by atoms with Crippen molar-refractivity contribution in [3.63, 3.8) is 0 Å². The SMILES string of the molecule is C#CCN1C(Cc2ccc(Cl)cc2)C(=O)N2[C@@H](Cc3ccccc3)C(=O)N(Cc3cccc4c(C(C)=O)c[nH]c34)C[C@@H]2N1S(C)(=O)=O. The lowest BCUT2D eigenvalue weighted by atomic mass is 9.95. The second-order valence-corrected chi connectivity index (χ2v) is 14.2. The second kappa shape index (κ2) is 13.0. The van der Waals surface area contributed by atoms with Crippen molar-refractivity contribution >= 4 is 50.1 Å². The first-order valence-electron chi connectivity index (χ1n) is 15.2. The number of Topliss-reactive ketones (excluding diaryl/α,β-unsaturated/α-hetero) is 1. The van der Waals surface area contributed by atoms with Gasteiger partial charge in [0.2, 0.25) is 21.8 Å². The van der Waals surface area contributed by atoms with E-state index in [2.05, 4.69) is 10.9 Å². The number of hydrazine groups is 1. The number of benzene rings is 3. The Morgan fingerprint density at radius 1 is 0.957 bits per heavy atom. The third-order valence-corrected chi connectivity index (χ3v) is 10.2. The fourth-order valence-electron chi connectivity index (χ4n) is 6.73. The summed E-state index contributed by atoms with van der Waals surface area (Å²) < 4.78 is 28.5. The lowest BCUT2D eigenvalue weighted by molar-refractivity contribution is -0.192. The van der Waals surface area contributed by atoms with Gasteiger partial charge in [0.1, 0.15) is 18.2 Å². The van der Waals surface area contributed by atoms with Crippen LogP contribution in [-0.2, 0) is 39.0 Å². The molecule has 2 fully saturated rings. The molecule has 1 unspecified atom stereocenters. The number of hydrogen-bond acceptors (Lipinski definition) is 6. The minimum atomic E-state index is -4.01. The maximum Gasteiger partial charge on any atom is 0.246 e. The van der Waals surface area contributed by atoms with E-state index in [9.17, 15) is 22.8 Å². The number of halogens is 1. The van der Waals surface area contributed by atoms with Gasteiger partial charge in [0.25, 0.3) is 0 Å². The standard InChI is InChI=1S/C35H34ClN5O5S/c1-4-17-39-30(18-25-13-15-27(36)16-14-25)35(44)40-31(19-24-9-6-5-7-10-24)34(43)38(22-32(40)41(39)47(3,45)46)21-26-11-8-12-28-29(23(2)42)20-37-33(26)28/h1,5-16,20,30-32,37H,17-19,21-22H2,2-3H3/t30?,31-,32-/m0/s1. The molecule has 6 rings (SSSR count). The smallest absolute Gasteiger partial charge is 0.246 e. The number of sulfonamides is 1. The molecule has 2 saturated heterocycles. The van der Waals surface area contributed by atoms with Crippen molar-refractivity contribution in [1.29, 1.82) is 0 Å². The molecule has 2 aliphatic rings. The molecule has 4 aromatic rings. The number of hydrogen-bond donors (Lipinski definition) is 1. The van der Waals surface area contributed by atoms with Gasteiger partial charge in [0.05, 0.1) is 24.9 Å². The van der Waals surface area contributed by atoms with Crippen LogP contribution < -0.4 is 0 Å². The minimum absolute atomic E-state index is 0.0890. The maximum absolute atomic E-state index is 14.6. The Morgan fingerprint density at radius 2 is 1.64 bits per heavy atom. The number of piperazine rings is 1. The number of fused-ring (bicyclic) bond motifs is 2. The minimum Gasteiger partial charge on any atom is -0.360 e. The van der Waals surface area contributed by atoms with Crippen molar-refractivity contribution in [2.45, 2.75) is 44.6 Å². The summed E-state index contributed by atoms with van der Waals surface area (Å²) in [7, 11) is -4.01. The van der Waals surface area contributed by atoms with Gasteiger partial charge >= 0.3 is 0 Å². The summed E-state index contributed by atoms with van der Waals surface area (Å²) in [5.41, 5.74) is 3.59. The number of H-pyrrole nitrogens is 1. The quantitative estimate of drug-likeness (QED) is 0.214. The molecule has 1 aromatic heterocycles. The van der Waals surface area contributed by atoms with Crippen LogP contribution in [-0.4, -0.2) is 87.8 Å². The summed E-state index contributed by atoms with van der Waals surface area (Å²) in [5, 5.41) is 2.70. The highest BCUT2D eigenvalue weighted by molar-refractivity contribution is 7.88. The Hall–Kier alpha value is -4.47. The van der Waals surface area contributed by atoms with Crippen molar-refractivity contribution in [3.8, 4) is 12.3 Å². The number of para-hydroxylation sites is 1. The van der Waals surface area contributed by atoms with Crippen LogP contribution in [0.5, 0.6) is 0 Å². The van der Waals surface area contributed by atoms with Crippen molar-refractivity contribution < 1.29 is 22.8 Å². The monoisotopic (exact) mass is 671 g/mol. The zero-order valence-electron chi connectivity index (χ0n) is 26.0. The third-order valence-electron chi connectivity index (χ3n) is 8.79. The first-order chi connectivity index (χ1) is 22.5. The van der Waals surface area contributed by atoms with Crippen LogP contribution in [0.25, 0.3) is 10.9 Å². The summed E-state index contributed by atoms with van der Waals surface area (Å²) >= 11 is 6.11. The molecule has 3 heterocycles. The average molecular weight is 672 g/mol. The number of terminal acetylenes is 1. The Morgan fingerprint density at radius 3 is 2.30 bits per heavy atom. The van der Waals surface area contributed by atoms with Gasteiger partial charge in [-0.25, -0.2) is 13.4 Å². The third kappa shape index (κ3) is 6.30. The number of nitrogens with one attached hydrogen (secondary N) is 1. The van der Waals surface area contributed by atoms with E-state index in [1.54, 1.807) is 35.4 Å². The molecule has 2 aliphatic heterocycles. The summed E-state index contributed by atoms with van der Waals surface area (Å²) in [6.45, 7) is 1.38. The predicted molar refractivity (Wildman–Crippen MR) is 179 cm³/mol. The highest BCUT2D eigenvalue weighted by atomic mass is 35.5. The van der Waals surface area contributed by atoms with E-state index in [4.69, 9.17) is 18.0 Å². The van der Waals surface area contributed by atoms with Crippen molar-refractivity contribution in [2.24, 2.45) is 0 Å². The highest BCUT2D eigenvalue weighted by Crippen LogP contribution is 2.35. The number of ketones is 1. The zero-order valence-corrected chi connectivity index (χ0v) is 27.5. The Bertz CT molecular complexity index is 1990. The van der Waals surface area contributed by atoms with Crippen LogP contribution in [0.15, 0.2) is 79.0 Å². The summed E-state index contributed by atoms with van der Waals surface area (Å²) in [6, 6.07) is 19.8. The first kappa shape index (κ1) is 32.5. The number of carbonyl (C=O) groups excluding carboxylic acids is 3. The van der Waals surface area contributed by atoms with Gasteiger partial charge < -0.3 is 14.8 Å². The highest BCUT2D eigenvalue weighted by Gasteiger charge is 2.55.